The van der Waals surface area contributed by atoms with Crippen LogP contribution in [0.4, 0.5) is 5.69 Å². The van der Waals surface area contributed by atoms with E-state index in [2.05, 4.69) is 24.4 Å². The summed E-state index contributed by atoms with van der Waals surface area (Å²) in [5.41, 5.74) is 3.40. The minimum absolute atomic E-state index is 0.0330. The molecule has 3 heteroatoms. The highest BCUT2D eigenvalue weighted by molar-refractivity contribution is 5.93. The summed E-state index contributed by atoms with van der Waals surface area (Å²) in [4.78, 5) is 11.3. The van der Waals surface area contributed by atoms with Crippen LogP contribution < -0.4 is 5.32 Å². The summed E-state index contributed by atoms with van der Waals surface area (Å²) >= 11 is 0. The molecule has 17 heavy (non-hydrogen) atoms. The monoisotopic (exact) mass is 226 g/mol. The molecule has 2 unspecified atom stereocenters. The van der Waals surface area contributed by atoms with E-state index in [9.17, 15) is 4.79 Å². The number of fused-ring (bicyclic) bond motifs is 1. The maximum atomic E-state index is 11.3. The van der Waals surface area contributed by atoms with Crippen molar-refractivity contribution in [1.82, 2.24) is 0 Å². The van der Waals surface area contributed by atoms with Gasteiger partial charge in [0.2, 0.25) is 5.91 Å². The first kappa shape index (κ1) is 10.3. The standard InChI is InChI=1S/C14H14N2O/c1-14(7-11(14)8-15)10-3-4-12-9(6-10)2-5-13(17)16-12/h3-4,6,11H,2,5,7H2,1H3,(H,16,17). The number of anilines is 1. The minimum Gasteiger partial charge on any atom is -0.326 e. The van der Waals surface area contributed by atoms with Crippen molar-refractivity contribution in [2.75, 3.05) is 5.32 Å². The van der Waals surface area contributed by atoms with Crippen LogP contribution in [0.5, 0.6) is 0 Å². The largest absolute Gasteiger partial charge is 0.326 e. The van der Waals surface area contributed by atoms with Gasteiger partial charge in [-0.05, 0) is 30.0 Å². The lowest BCUT2D eigenvalue weighted by Gasteiger charge is -2.19. The first-order valence-corrected chi connectivity index (χ1v) is 5.96. The molecule has 0 radical (unpaired) electrons. The van der Waals surface area contributed by atoms with Crippen LogP contribution in [-0.4, -0.2) is 5.91 Å². The van der Waals surface area contributed by atoms with Crippen molar-refractivity contribution in [2.45, 2.75) is 31.6 Å². The Balaban J connectivity index is 1.95. The maximum Gasteiger partial charge on any atom is 0.224 e. The molecule has 86 valence electrons. The van der Waals surface area contributed by atoms with Gasteiger partial charge in [0.1, 0.15) is 0 Å². The Labute approximate surface area is 100 Å². The van der Waals surface area contributed by atoms with Gasteiger partial charge in [0.25, 0.3) is 0 Å². The number of nitriles is 1. The first-order chi connectivity index (χ1) is 8.13. The molecule has 2 atom stereocenters. The number of carbonyl (C=O) groups is 1. The topological polar surface area (TPSA) is 52.9 Å². The number of amides is 1. The van der Waals surface area contributed by atoms with E-state index in [1.807, 2.05) is 12.1 Å². The summed E-state index contributed by atoms with van der Waals surface area (Å²) in [6.45, 7) is 2.14. The Morgan fingerprint density at radius 3 is 3.00 bits per heavy atom. The molecule has 1 aliphatic carbocycles. The van der Waals surface area contributed by atoms with Crippen LogP contribution in [-0.2, 0) is 16.6 Å². The summed E-state index contributed by atoms with van der Waals surface area (Å²) in [6, 6.07) is 8.52. The molecule has 1 amide bonds. The first-order valence-electron chi connectivity index (χ1n) is 5.96. The third-order valence-electron chi connectivity index (χ3n) is 4.05. The zero-order valence-electron chi connectivity index (χ0n) is 9.79. The second-order valence-corrected chi connectivity index (χ2v) is 5.22. The van der Waals surface area contributed by atoms with Gasteiger partial charge in [-0.2, -0.15) is 5.26 Å². The predicted molar refractivity (Wildman–Crippen MR) is 64.5 cm³/mol. The number of hydrogen-bond donors (Lipinski definition) is 1. The summed E-state index contributed by atoms with van der Waals surface area (Å²) in [5, 5.41) is 11.8. The van der Waals surface area contributed by atoms with E-state index in [-0.39, 0.29) is 17.2 Å². The molecule has 0 spiro atoms. The van der Waals surface area contributed by atoms with Crippen LogP contribution in [0.15, 0.2) is 18.2 Å². The van der Waals surface area contributed by atoms with E-state index in [4.69, 9.17) is 5.26 Å². The molecule has 1 N–H and O–H groups in total. The molecular formula is C14H14N2O. The van der Waals surface area contributed by atoms with Crippen molar-refractivity contribution in [3.8, 4) is 6.07 Å². The Bertz CT molecular complexity index is 544. The van der Waals surface area contributed by atoms with Gasteiger partial charge in [-0.3, -0.25) is 4.79 Å². The lowest BCUT2D eigenvalue weighted by atomic mass is 9.91. The highest BCUT2D eigenvalue weighted by Gasteiger charge is 2.51. The van der Waals surface area contributed by atoms with Crippen LogP contribution in [0.1, 0.15) is 30.9 Å². The minimum atomic E-state index is 0.0330. The van der Waals surface area contributed by atoms with E-state index in [0.717, 1.165) is 18.5 Å². The van der Waals surface area contributed by atoms with Gasteiger partial charge in [0.15, 0.2) is 0 Å². The van der Waals surface area contributed by atoms with Crippen molar-refractivity contribution >= 4 is 11.6 Å². The maximum absolute atomic E-state index is 11.3. The molecule has 1 aromatic carbocycles. The molecule has 0 aromatic heterocycles. The van der Waals surface area contributed by atoms with E-state index in [1.165, 1.54) is 11.1 Å². The molecule has 2 aliphatic rings. The number of carbonyl (C=O) groups excluding carboxylic acids is 1. The van der Waals surface area contributed by atoms with Gasteiger partial charge in [0, 0.05) is 17.5 Å². The van der Waals surface area contributed by atoms with Crippen molar-refractivity contribution < 1.29 is 4.79 Å². The molecule has 1 heterocycles. The second-order valence-electron chi connectivity index (χ2n) is 5.22. The fourth-order valence-electron chi connectivity index (χ4n) is 2.61. The average molecular weight is 226 g/mol. The molecule has 1 aromatic rings. The Morgan fingerprint density at radius 2 is 2.29 bits per heavy atom. The third kappa shape index (κ3) is 1.52. The molecule has 1 fully saturated rings. The summed E-state index contributed by atoms with van der Waals surface area (Å²) < 4.78 is 0. The summed E-state index contributed by atoms with van der Waals surface area (Å²) in [7, 11) is 0. The normalized spacial score (nSPS) is 30.1. The zero-order chi connectivity index (χ0) is 12.0. The van der Waals surface area contributed by atoms with Gasteiger partial charge in [-0.1, -0.05) is 19.1 Å². The van der Waals surface area contributed by atoms with Crippen LogP contribution in [0.2, 0.25) is 0 Å². The number of rotatable bonds is 1. The fourth-order valence-corrected chi connectivity index (χ4v) is 2.61. The summed E-state index contributed by atoms with van der Waals surface area (Å²) in [6.07, 6.45) is 2.33. The molecule has 1 aliphatic heterocycles. The predicted octanol–water partition coefficient (Wildman–Crippen LogP) is 2.37. The van der Waals surface area contributed by atoms with Gasteiger partial charge in [-0.15, -0.1) is 0 Å². The van der Waals surface area contributed by atoms with Crippen LogP contribution in [0.25, 0.3) is 0 Å². The SMILES string of the molecule is CC1(c2ccc3c(c2)CCC(=O)N3)CC1C#N. The van der Waals surface area contributed by atoms with Crippen molar-refractivity contribution in [3.63, 3.8) is 0 Å². The van der Waals surface area contributed by atoms with Gasteiger partial charge in [-0.25, -0.2) is 0 Å². The van der Waals surface area contributed by atoms with E-state index in [1.54, 1.807) is 0 Å². The van der Waals surface area contributed by atoms with E-state index in [0.29, 0.717) is 6.42 Å². The number of nitrogens with one attached hydrogen (secondary N) is 1. The van der Waals surface area contributed by atoms with Crippen LogP contribution in [0, 0.1) is 17.2 Å². The Kier molecular flexibility index (Phi) is 2.03. The Morgan fingerprint density at radius 1 is 1.47 bits per heavy atom. The smallest absolute Gasteiger partial charge is 0.224 e. The van der Waals surface area contributed by atoms with Crippen molar-refractivity contribution in [3.05, 3.63) is 29.3 Å². The fraction of sp³-hybridized carbons (Fsp3) is 0.429. The average Bonchev–Trinajstić information content (AvgIpc) is 3.01. The number of nitrogens with zero attached hydrogens (tertiary/aromatic N) is 1. The lowest BCUT2D eigenvalue weighted by molar-refractivity contribution is -0.116. The van der Waals surface area contributed by atoms with Crippen molar-refractivity contribution in [2.24, 2.45) is 5.92 Å². The van der Waals surface area contributed by atoms with Gasteiger partial charge >= 0.3 is 0 Å². The second kappa shape index (κ2) is 3.33. The third-order valence-corrected chi connectivity index (χ3v) is 4.05. The lowest BCUT2D eigenvalue weighted by Crippen LogP contribution is -2.19. The Hall–Kier alpha value is -1.82. The highest BCUT2D eigenvalue weighted by Crippen LogP contribution is 2.54. The number of hydrogen-bond acceptors (Lipinski definition) is 2. The number of aryl methyl sites for hydroxylation is 1. The molecule has 0 saturated heterocycles. The molecular weight excluding hydrogens is 212 g/mol. The van der Waals surface area contributed by atoms with E-state index >= 15 is 0 Å². The van der Waals surface area contributed by atoms with Crippen molar-refractivity contribution in [1.29, 1.82) is 5.26 Å². The highest BCUT2D eigenvalue weighted by atomic mass is 16.1. The van der Waals surface area contributed by atoms with Crippen LogP contribution >= 0.6 is 0 Å². The van der Waals surface area contributed by atoms with E-state index < -0.39 is 0 Å². The van der Waals surface area contributed by atoms with Gasteiger partial charge < -0.3 is 5.32 Å². The molecule has 0 bridgehead atoms. The molecule has 3 nitrogen and oxygen atoms in total. The summed E-state index contributed by atoms with van der Waals surface area (Å²) in [5.74, 6) is 0.247. The van der Waals surface area contributed by atoms with Crippen LogP contribution in [0.3, 0.4) is 0 Å². The quantitative estimate of drug-likeness (QED) is 0.799. The zero-order valence-corrected chi connectivity index (χ0v) is 9.79. The molecule has 1 saturated carbocycles. The number of benzene rings is 1. The van der Waals surface area contributed by atoms with Gasteiger partial charge in [0.05, 0.1) is 12.0 Å². The molecule has 3 rings (SSSR count).